The molecule has 2 atom stereocenters. The molecule has 2 heterocycles. The number of carboxylic acids is 1. The number of fused-ring (bicyclic) bond motifs is 1. The van der Waals surface area contributed by atoms with Gasteiger partial charge in [0.25, 0.3) is 0 Å². The molecular weight excluding hydrogens is 300 g/mol. The Balaban J connectivity index is 1.68. The predicted octanol–water partition coefficient (Wildman–Crippen LogP) is 1.53. The van der Waals surface area contributed by atoms with Gasteiger partial charge >= 0.3 is 5.97 Å². The molecule has 3 rings (SSSR count). The van der Waals surface area contributed by atoms with E-state index in [1.54, 1.807) is 16.7 Å². The van der Waals surface area contributed by atoms with Gasteiger partial charge in [0.05, 0.1) is 0 Å². The maximum absolute atomic E-state index is 12.2. The van der Waals surface area contributed by atoms with Gasteiger partial charge in [-0.15, -0.1) is 0 Å². The highest BCUT2D eigenvalue weighted by molar-refractivity contribution is 7.98. The molecule has 0 spiro atoms. The van der Waals surface area contributed by atoms with Gasteiger partial charge in [0.2, 0.25) is 5.91 Å². The van der Waals surface area contributed by atoms with Crippen molar-refractivity contribution < 1.29 is 14.7 Å². The van der Waals surface area contributed by atoms with Crippen LogP contribution in [0.5, 0.6) is 0 Å². The van der Waals surface area contributed by atoms with Crippen LogP contribution in [0.1, 0.15) is 32.1 Å². The Morgan fingerprint density at radius 3 is 2.55 bits per heavy atom. The average Bonchev–Trinajstić information content (AvgIpc) is 3.16. The Labute approximate surface area is 136 Å². The van der Waals surface area contributed by atoms with Crippen LogP contribution in [0, 0.1) is 11.3 Å². The molecule has 0 aromatic carbocycles. The van der Waals surface area contributed by atoms with Gasteiger partial charge < -0.3 is 10.0 Å². The first-order valence-corrected chi connectivity index (χ1v) is 9.70. The smallest absolute Gasteiger partial charge is 0.313 e. The largest absolute Gasteiger partial charge is 0.481 e. The minimum absolute atomic E-state index is 0.101. The van der Waals surface area contributed by atoms with Gasteiger partial charge in [-0.25, -0.2) is 0 Å². The number of hydrogen-bond acceptors (Lipinski definition) is 4. The van der Waals surface area contributed by atoms with E-state index in [1.165, 1.54) is 25.7 Å². The number of carboxylic acid groups (broad SMARTS) is 1. The molecule has 1 N–H and O–H groups in total. The maximum Gasteiger partial charge on any atom is 0.313 e. The van der Waals surface area contributed by atoms with Gasteiger partial charge in [-0.3, -0.25) is 14.5 Å². The van der Waals surface area contributed by atoms with Crippen LogP contribution in [0.2, 0.25) is 0 Å². The zero-order valence-electron chi connectivity index (χ0n) is 13.3. The third-order valence-electron chi connectivity index (χ3n) is 5.78. The molecule has 1 amide bonds. The van der Waals surface area contributed by atoms with E-state index in [2.05, 4.69) is 4.90 Å². The van der Waals surface area contributed by atoms with Gasteiger partial charge in [0, 0.05) is 50.3 Å². The molecular formula is C16H26N2O3S. The first-order valence-electron chi connectivity index (χ1n) is 8.31. The number of amides is 1. The molecule has 0 aromatic rings. The second-order valence-corrected chi connectivity index (χ2v) is 8.03. The molecule has 0 bridgehead atoms. The van der Waals surface area contributed by atoms with Crippen molar-refractivity contribution in [2.75, 3.05) is 38.2 Å². The monoisotopic (exact) mass is 326 g/mol. The van der Waals surface area contributed by atoms with Gasteiger partial charge in [0.1, 0.15) is 5.41 Å². The molecule has 124 valence electrons. The maximum atomic E-state index is 12.2. The van der Waals surface area contributed by atoms with E-state index in [-0.39, 0.29) is 11.8 Å². The van der Waals surface area contributed by atoms with Crippen LogP contribution in [-0.2, 0) is 9.59 Å². The van der Waals surface area contributed by atoms with Crippen LogP contribution in [0.4, 0.5) is 0 Å². The number of rotatable bonds is 5. The van der Waals surface area contributed by atoms with E-state index in [9.17, 15) is 14.7 Å². The molecule has 0 aromatic heterocycles. The van der Waals surface area contributed by atoms with Crippen molar-refractivity contribution in [1.29, 1.82) is 0 Å². The molecule has 0 radical (unpaired) electrons. The summed E-state index contributed by atoms with van der Waals surface area (Å²) in [5, 5.41) is 9.84. The van der Waals surface area contributed by atoms with Crippen LogP contribution in [-0.4, -0.2) is 71.0 Å². The van der Waals surface area contributed by atoms with Gasteiger partial charge in [-0.05, 0) is 19.1 Å². The Morgan fingerprint density at radius 2 is 1.95 bits per heavy atom. The molecule has 0 unspecified atom stereocenters. The van der Waals surface area contributed by atoms with Crippen LogP contribution in [0.25, 0.3) is 0 Å². The van der Waals surface area contributed by atoms with E-state index in [1.807, 2.05) is 6.26 Å². The SMILES string of the molecule is CSCCC(=O)N1C[C@@H]2CN(C3CCCC3)C[C@]2(C(=O)O)C1. The summed E-state index contributed by atoms with van der Waals surface area (Å²) in [6.45, 7) is 2.51. The quantitative estimate of drug-likeness (QED) is 0.830. The van der Waals surface area contributed by atoms with E-state index >= 15 is 0 Å². The lowest BCUT2D eigenvalue weighted by atomic mass is 9.81. The van der Waals surface area contributed by atoms with Crippen molar-refractivity contribution in [1.82, 2.24) is 9.80 Å². The molecule has 3 aliphatic rings. The van der Waals surface area contributed by atoms with Crippen LogP contribution in [0.15, 0.2) is 0 Å². The molecule has 5 nitrogen and oxygen atoms in total. The summed E-state index contributed by atoms with van der Waals surface area (Å²) in [6.07, 6.45) is 7.47. The fourth-order valence-corrected chi connectivity index (χ4v) is 4.87. The van der Waals surface area contributed by atoms with E-state index in [4.69, 9.17) is 0 Å². The van der Waals surface area contributed by atoms with Crippen molar-refractivity contribution in [3.63, 3.8) is 0 Å². The number of thioether (sulfide) groups is 1. The first-order chi connectivity index (χ1) is 10.6. The Kier molecular flexibility index (Phi) is 4.69. The van der Waals surface area contributed by atoms with Crippen molar-refractivity contribution in [2.45, 2.75) is 38.1 Å². The molecule has 2 aliphatic heterocycles. The van der Waals surface area contributed by atoms with E-state index in [0.717, 1.165) is 12.3 Å². The summed E-state index contributed by atoms with van der Waals surface area (Å²) in [4.78, 5) is 28.4. The number of likely N-dealkylation sites (tertiary alicyclic amines) is 2. The highest BCUT2D eigenvalue weighted by Crippen LogP contribution is 2.45. The lowest BCUT2D eigenvalue weighted by Gasteiger charge is -2.28. The number of aliphatic carboxylic acids is 1. The fraction of sp³-hybridized carbons (Fsp3) is 0.875. The van der Waals surface area contributed by atoms with Crippen molar-refractivity contribution in [3.8, 4) is 0 Å². The van der Waals surface area contributed by atoms with E-state index in [0.29, 0.717) is 32.1 Å². The van der Waals surface area contributed by atoms with Crippen molar-refractivity contribution in [2.24, 2.45) is 11.3 Å². The third kappa shape index (κ3) is 2.75. The summed E-state index contributed by atoms with van der Waals surface area (Å²) in [6, 6.07) is 0.572. The van der Waals surface area contributed by atoms with Crippen LogP contribution >= 0.6 is 11.8 Å². The minimum Gasteiger partial charge on any atom is -0.481 e. The summed E-state index contributed by atoms with van der Waals surface area (Å²) in [7, 11) is 0. The van der Waals surface area contributed by atoms with E-state index < -0.39 is 11.4 Å². The van der Waals surface area contributed by atoms with Crippen LogP contribution in [0.3, 0.4) is 0 Å². The topological polar surface area (TPSA) is 60.9 Å². The molecule has 1 aliphatic carbocycles. The Hall–Kier alpha value is -0.750. The standard InChI is InChI=1S/C16H26N2O3S/c1-22-7-6-14(19)18-9-12-8-17(13-4-2-3-5-13)10-16(12,11-18)15(20)21/h12-13H,2-11H2,1H3,(H,20,21)/t12-,16-/m0/s1. The predicted molar refractivity (Wildman–Crippen MR) is 87.0 cm³/mol. The highest BCUT2D eigenvalue weighted by atomic mass is 32.2. The fourth-order valence-electron chi connectivity index (χ4n) is 4.49. The van der Waals surface area contributed by atoms with Crippen LogP contribution < -0.4 is 0 Å². The lowest BCUT2D eigenvalue weighted by Crippen LogP contribution is -2.43. The number of carbonyl (C=O) groups is 2. The number of nitrogens with zero attached hydrogens (tertiary/aromatic N) is 2. The molecule has 6 heteroatoms. The summed E-state index contributed by atoms with van der Waals surface area (Å²) < 4.78 is 0. The van der Waals surface area contributed by atoms with Gasteiger partial charge in [-0.2, -0.15) is 11.8 Å². The zero-order valence-corrected chi connectivity index (χ0v) is 14.1. The Morgan fingerprint density at radius 1 is 1.23 bits per heavy atom. The second-order valence-electron chi connectivity index (χ2n) is 7.04. The summed E-state index contributed by atoms with van der Waals surface area (Å²) in [5.74, 6) is 0.327. The van der Waals surface area contributed by atoms with Gasteiger partial charge in [-0.1, -0.05) is 12.8 Å². The number of hydrogen-bond donors (Lipinski definition) is 1. The highest BCUT2D eigenvalue weighted by Gasteiger charge is 2.59. The minimum atomic E-state index is -0.725. The number of carbonyl (C=O) groups excluding carboxylic acids is 1. The normalized spacial score (nSPS) is 32.6. The second kappa shape index (κ2) is 6.40. The third-order valence-corrected chi connectivity index (χ3v) is 6.39. The molecule has 2 saturated heterocycles. The molecule has 1 saturated carbocycles. The van der Waals surface area contributed by atoms with Gasteiger partial charge in [0.15, 0.2) is 0 Å². The first kappa shape index (κ1) is 16.1. The lowest BCUT2D eigenvalue weighted by molar-refractivity contribution is -0.149. The summed E-state index contributed by atoms with van der Waals surface area (Å²) in [5.41, 5.74) is -0.725. The molecule has 3 fully saturated rings. The zero-order chi connectivity index (χ0) is 15.7. The average molecular weight is 326 g/mol. The summed E-state index contributed by atoms with van der Waals surface area (Å²) >= 11 is 1.66. The Bertz CT molecular complexity index is 453. The van der Waals surface area contributed by atoms with Crippen molar-refractivity contribution >= 4 is 23.6 Å². The molecule has 22 heavy (non-hydrogen) atoms. The van der Waals surface area contributed by atoms with Crippen molar-refractivity contribution in [3.05, 3.63) is 0 Å².